The second-order valence-corrected chi connectivity index (χ2v) is 12.1. The summed E-state index contributed by atoms with van der Waals surface area (Å²) in [6, 6.07) is 25.5. The van der Waals surface area contributed by atoms with E-state index >= 15 is 0 Å². The Labute approximate surface area is 244 Å². The van der Waals surface area contributed by atoms with Gasteiger partial charge >= 0.3 is 0 Å². The predicted molar refractivity (Wildman–Crippen MR) is 165 cm³/mol. The number of hydrogen-bond acceptors (Lipinski definition) is 7. The monoisotopic (exact) mass is 555 g/mol. The highest BCUT2D eigenvalue weighted by Crippen LogP contribution is 2.41. The lowest BCUT2D eigenvalue weighted by Gasteiger charge is -2.38. The van der Waals surface area contributed by atoms with Gasteiger partial charge < -0.3 is 16.4 Å². The van der Waals surface area contributed by atoms with Gasteiger partial charge in [0.05, 0.1) is 11.3 Å². The fourth-order valence-corrected chi connectivity index (χ4v) is 7.16. The lowest BCUT2D eigenvalue weighted by atomic mass is 9.73. The van der Waals surface area contributed by atoms with Gasteiger partial charge in [0.15, 0.2) is 11.5 Å². The van der Waals surface area contributed by atoms with Gasteiger partial charge in [-0.25, -0.2) is 15.0 Å². The summed E-state index contributed by atoms with van der Waals surface area (Å²) in [5.41, 5.74) is 20.2. The van der Waals surface area contributed by atoms with Gasteiger partial charge in [0.25, 0.3) is 0 Å². The van der Waals surface area contributed by atoms with Crippen molar-refractivity contribution in [3.8, 4) is 28.3 Å². The molecule has 2 bridgehead atoms. The van der Waals surface area contributed by atoms with Crippen LogP contribution in [0.1, 0.15) is 50.5 Å². The van der Waals surface area contributed by atoms with Gasteiger partial charge in [-0.3, -0.25) is 9.36 Å². The number of carbonyl (C=O) groups is 1. The molecule has 8 heteroatoms. The SMILES string of the molecule is Nc1ncccc1-c1nc2ccc(-c3cccc(N4C5CCC4CC(=O)C5)c3)nc2n1-c1ccc(C2(N)CCC2)cc1. The van der Waals surface area contributed by atoms with Gasteiger partial charge in [-0.05, 0) is 86.2 Å². The molecule has 1 aliphatic carbocycles. The van der Waals surface area contributed by atoms with Crippen LogP contribution in [0.15, 0.2) is 79.0 Å². The summed E-state index contributed by atoms with van der Waals surface area (Å²) in [6.45, 7) is 0. The van der Waals surface area contributed by atoms with Gasteiger partial charge in [-0.15, -0.1) is 0 Å². The van der Waals surface area contributed by atoms with E-state index in [1.54, 1.807) is 6.20 Å². The lowest BCUT2D eigenvalue weighted by molar-refractivity contribution is -0.120. The first-order chi connectivity index (χ1) is 20.5. The van der Waals surface area contributed by atoms with E-state index in [2.05, 4.69) is 63.0 Å². The van der Waals surface area contributed by atoms with Gasteiger partial charge in [0.2, 0.25) is 0 Å². The molecular formula is C34H33N7O. The number of imidazole rings is 1. The number of Topliss-reactive ketones (excluding diaryl/α,β-unsaturated/α-hetero) is 1. The Hall–Kier alpha value is -4.56. The van der Waals surface area contributed by atoms with Crippen molar-refractivity contribution in [2.24, 2.45) is 5.73 Å². The number of nitrogens with zero attached hydrogens (tertiary/aromatic N) is 5. The summed E-state index contributed by atoms with van der Waals surface area (Å²) in [5.74, 6) is 1.51. The van der Waals surface area contributed by atoms with E-state index < -0.39 is 0 Å². The highest BCUT2D eigenvalue weighted by Gasteiger charge is 2.40. The van der Waals surface area contributed by atoms with E-state index in [0.29, 0.717) is 42.4 Å². The Morgan fingerprint density at radius 1 is 0.857 bits per heavy atom. The number of fused-ring (bicyclic) bond motifs is 3. The second-order valence-electron chi connectivity index (χ2n) is 12.1. The maximum Gasteiger partial charge on any atom is 0.165 e. The smallest absolute Gasteiger partial charge is 0.165 e. The summed E-state index contributed by atoms with van der Waals surface area (Å²) in [6.07, 6.45) is 8.33. The summed E-state index contributed by atoms with van der Waals surface area (Å²) in [5, 5.41) is 0. The van der Waals surface area contributed by atoms with Crippen molar-refractivity contribution in [1.82, 2.24) is 19.5 Å². The van der Waals surface area contributed by atoms with Crippen molar-refractivity contribution in [2.45, 2.75) is 62.6 Å². The number of rotatable bonds is 5. The average Bonchev–Trinajstić information content (AvgIpc) is 3.50. The third-order valence-electron chi connectivity index (χ3n) is 9.52. The largest absolute Gasteiger partial charge is 0.383 e. The summed E-state index contributed by atoms with van der Waals surface area (Å²) < 4.78 is 2.07. The topological polar surface area (TPSA) is 116 Å². The number of nitrogens with two attached hydrogens (primary N) is 2. The van der Waals surface area contributed by atoms with Crippen LogP contribution >= 0.6 is 0 Å². The zero-order valence-corrected chi connectivity index (χ0v) is 23.4. The summed E-state index contributed by atoms with van der Waals surface area (Å²) >= 11 is 0. The van der Waals surface area contributed by atoms with Crippen molar-refractivity contribution in [1.29, 1.82) is 0 Å². The first kappa shape index (κ1) is 25.2. The molecule has 0 radical (unpaired) electrons. The number of aromatic nitrogens is 4. The van der Waals surface area contributed by atoms with E-state index in [4.69, 9.17) is 21.4 Å². The molecule has 42 heavy (non-hydrogen) atoms. The molecule has 3 aliphatic rings. The van der Waals surface area contributed by atoms with E-state index in [9.17, 15) is 4.79 Å². The zero-order chi connectivity index (χ0) is 28.4. The molecule has 2 saturated heterocycles. The molecule has 8 nitrogen and oxygen atoms in total. The van der Waals surface area contributed by atoms with Crippen molar-refractivity contribution in [3.05, 3.63) is 84.6 Å². The quantitative estimate of drug-likeness (QED) is 0.283. The van der Waals surface area contributed by atoms with Crippen LogP contribution in [-0.2, 0) is 10.3 Å². The maximum atomic E-state index is 12.2. The first-order valence-corrected chi connectivity index (χ1v) is 14.9. The molecule has 0 spiro atoms. The van der Waals surface area contributed by atoms with Crippen LogP contribution in [0.4, 0.5) is 11.5 Å². The Balaban J connectivity index is 1.24. The number of nitrogen functional groups attached to an aromatic ring is 1. The van der Waals surface area contributed by atoms with Crippen molar-refractivity contribution in [3.63, 3.8) is 0 Å². The Morgan fingerprint density at radius 3 is 2.36 bits per heavy atom. The normalized spacial score (nSPS) is 21.1. The number of anilines is 2. The Bertz CT molecular complexity index is 1820. The predicted octanol–water partition coefficient (Wildman–Crippen LogP) is 5.77. The molecule has 5 aromatic rings. The number of pyridine rings is 2. The third-order valence-corrected chi connectivity index (χ3v) is 9.52. The second kappa shape index (κ2) is 9.49. The van der Waals surface area contributed by atoms with E-state index in [0.717, 1.165) is 70.6 Å². The molecule has 2 atom stereocenters. The number of carbonyl (C=O) groups excluding carboxylic acids is 1. The molecule has 4 N–H and O–H groups in total. The fraction of sp³-hybridized carbons (Fsp3) is 0.294. The minimum absolute atomic E-state index is 0.232. The number of hydrogen-bond donors (Lipinski definition) is 2. The molecule has 2 unspecified atom stereocenters. The van der Waals surface area contributed by atoms with Crippen LogP contribution in [0.2, 0.25) is 0 Å². The molecule has 8 rings (SSSR count). The minimum Gasteiger partial charge on any atom is -0.383 e. The van der Waals surface area contributed by atoms with Crippen LogP contribution in [0.25, 0.3) is 39.5 Å². The van der Waals surface area contributed by atoms with Crippen molar-refractivity contribution >= 4 is 28.5 Å². The van der Waals surface area contributed by atoms with Gasteiger partial charge in [-0.1, -0.05) is 24.3 Å². The van der Waals surface area contributed by atoms with E-state index in [1.807, 2.05) is 24.3 Å². The fourth-order valence-electron chi connectivity index (χ4n) is 7.16. The first-order valence-electron chi connectivity index (χ1n) is 14.9. The van der Waals surface area contributed by atoms with Gasteiger partial charge in [-0.2, -0.15) is 0 Å². The highest BCUT2D eigenvalue weighted by atomic mass is 16.1. The average molecular weight is 556 g/mol. The molecule has 3 aromatic heterocycles. The van der Waals surface area contributed by atoms with Crippen LogP contribution in [0.5, 0.6) is 0 Å². The number of benzene rings is 2. The zero-order valence-electron chi connectivity index (χ0n) is 23.4. The van der Waals surface area contributed by atoms with E-state index in [-0.39, 0.29) is 5.54 Å². The van der Waals surface area contributed by atoms with Crippen LogP contribution in [0.3, 0.4) is 0 Å². The Morgan fingerprint density at radius 2 is 1.64 bits per heavy atom. The molecule has 1 saturated carbocycles. The van der Waals surface area contributed by atoms with Crippen LogP contribution in [0, 0.1) is 0 Å². The number of ketones is 1. The molecule has 5 heterocycles. The summed E-state index contributed by atoms with van der Waals surface area (Å²) in [7, 11) is 0. The van der Waals surface area contributed by atoms with E-state index in [1.165, 1.54) is 6.42 Å². The Kier molecular flexibility index (Phi) is 5.69. The van der Waals surface area contributed by atoms with Crippen LogP contribution in [-0.4, -0.2) is 37.4 Å². The molecule has 0 amide bonds. The summed E-state index contributed by atoms with van der Waals surface area (Å²) in [4.78, 5) is 29.2. The molecule has 2 aromatic carbocycles. The molecule has 3 fully saturated rings. The van der Waals surface area contributed by atoms with Crippen molar-refractivity contribution < 1.29 is 4.79 Å². The molecular weight excluding hydrogens is 522 g/mol. The highest BCUT2D eigenvalue weighted by molar-refractivity contribution is 5.86. The lowest BCUT2D eigenvalue weighted by Crippen LogP contribution is -2.43. The number of piperidine rings is 1. The van der Waals surface area contributed by atoms with Crippen molar-refractivity contribution in [2.75, 3.05) is 10.6 Å². The van der Waals surface area contributed by atoms with Gasteiger partial charge in [0, 0.05) is 53.6 Å². The van der Waals surface area contributed by atoms with Crippen LogP contribution < -0.4 is 16.4 Å². The molecule has 210 valence electrons. The maximum absolute atomic E-state index is 12.2. The third kappa shape index (κ3) is 4.01. The standard InChI is InChI=1S/C34H33N7O/c35-31-28(6-2-17-37-31)32-39-30-14-13-29(21-4-1-5-24(18-21)40-25-11-12-26(40)20-27(42)19-25)38-33(30)41(32)23-9-7-22(8-10-23)34(36)15-3-16-34/h1-2,4-10,13-14,17-18,25-26H,3,11-12,15-16,19-20,36H2,(H2,35,37). The molecule has 2 aliphatic heterocycles. The van der Waals surface area contributed by atoms with Gasteiger partial charge in [0.1, 0.15) is 17.1 Å². The minimum atomic E-state index is -0.232.